The second-order valence-corrected chi connectivity index (χ2v) is 9.48. The molecule has 4 aromatic carbocycles. The van der Waals surface area contributed by atoms with Gasteiger partial charge in [0.25, 0.3) is 11.4 Å². The molecule has 0 aliphatic heterocycles. The molecule has 0 amide bonds. The summed E-state index contributed by atoms with van der Waals surface area (Å²) in [6.45, 7) is 0. The topological polar surface area (TPSA) is 161 Å². The molecule has 4 rings (SSSR count). The number of hydrogen-bond donors (Lipinski definition) is 2. The minimum Gasteiger partial charge on any atom is -0.507 e. The van der Waals surface area contributed by atoms with E-state index in [4.69, 9.17) is 0 Å². The predicted molar refractivity (Wildman–Crippen MR) is 142 cm³/mol. The molecular formula is C29H16F6N2O8. The van der Waals surface area contributed by atoms with Crippen LogP contribution in [-0.2, 0) is 5.41 Å². The van der Waals surface area contributed by atoms with Crippen LogP contribution in [0.25, 0.3) is 0 Å². The number of phenols is 2. The lowest BCUT2D eigenvalue weighted by Crippen LogP contribution is -2.54. The molecule has 0 heterocycles. The van der Waals surface area contributed by atoms with Crippen molar-refractivity contribution in [3.63, 3.8) is 0 Å². The van der Waals surface area contributed by atoms with E-state index in [1.54, 1.807) is 0 Å². The number of nitrogens with zero attached hydrogens (tertiary/aromatic N) is 2. The number of ketones is 2. The first-order valence-electron chi connectivity index (χ1n) is 12.3. The third-order valence-electron chi connectivity index (χ3n) is 6.84. The summed E-state index contributed by atoms with van der Waals surface area (Å²) in [6.07, 6.45) is -12.5. The lowest BCUT2D eigenvalue weighted by Gasteiger charge is -2.38. The number of nitro benzene ring substituents is 2. The van der Waals surface area contributed by atoms with Crippen LogP contribution in [0.3, 0.4) is 0 Å². The lowest BCUT2D eigenvalue weighted by molar-refractivity contribution is -0.385. The molecular weight excluding hydrogens is 618 g/mol. The fourth-order valence-corrected chi connectivity index (χ4v) is 4.72. The van der Waals surface area contributed by atoms with Gasteiger partial charge in [0.05, 0.1) is 21.0 Å². The van der Waals surface area contributed by atoms with Crippen molar-refractivity contribution >= 4 is 22.9 Å². The Labute approximate surface area is 247 Å². The van der Waals surface area contributed by atoms with Gasteiger partial charge in [0, 0.05) is 35.4 Å². The Morgan fingerprint density at radius 3 is 1.24 bits per heavy atom. The highest BCUT2D eigenvalue weighted by atomic mass is 19.4. The number of nitro groups is 2. The van der Waals surface area contributed by atoms with E-state index in [1.807, 2.05) is 0 Å². The molecule has 16 heteroatoms. The van der Waals surface area contributed by atoms with Gasteiger partial charge in [-0.3, -0.25) is 29.8 Å². The highest BCUT2D eigenvalue weighted by Gasteiger charge is 2.72. The maximum absolute atomic E-state index is 14.9. The van der Waals surface area contributed by atoms with Crippen LogP contribution in [0.5, 0.6) is 11.5 Å². The fraction of sp³-hybridized carbons (Fsp3) is 0.103. The molecule has 10 nitrogen and oxygen atoms in total. The average Bonchev–Trinajstić information content (AvgIpc) is 2.97. The molecule has 0 aliphatic carbocycles. The fourth-order valence-electron chi connectivity index (χ4n) is 4.72. The number of carbonyl (C=O) groups is 2. The summed E-state index contributed by atoms with van der Waals surface area (Å²) in [4.78, 5) is 46.6. The second kappa shape index (κ2) is 11.4. The van der Waals surface area contributed by atoms with Gasteiger partial charge >= 0.3 is 12.4 Å². The van der Waals surface area contributed by atoms with Crippen molar-refractivity contribution in [2.24, 2.45) is 0 Å². The third-order valence-corrected chi connectivity index (χ3v) is 6.84. The zero-order valence-corrected chi connectivity index (χ0v) is 22.1. The molecule has 4 aromatic rings. The molecule has 0 fully saturated rings. The quantitative estimate of drug-likeness (QED) is 0.0927. The number of phenolic OH excluding ortho intramolecular Hbond substituents is 2. The zero-order valence-electron chi connectivity index (χ0n) is 22.1. The molecule has 0 unspecified atom stereocenters. The Hall–Kier alpha value is -5.80. The number of benzene rings is 4. The summed E-state index contributed by atoms with van der Waals surface area (Å²) in [6, 6.07) is 9.03. The zero-order chi connectivity index (χ0) is 33.5. The average molecular weight is 634 g/mol. The van der Waals surface area contributed by atoms with Crippen molar-refractivity contribution in [3.05, 3.63) is 139 Å². The Bertz CT molecular complexity index is 1740. The Balaban J connectivity index is 1.98. The number of halogens is 6. The van der Waals surface area contributed by atoms with Crippen molar-refractivity contribution in [1.29, 1.82) is 0 Å². The predicted octanol–water partition coefficient (Wildman–Crippen LogP) is 6.79. The molecule has 0 aliphatic rings. The van der Waals surface area contributed by atoms with Crippen LogP contribution in [0.1, 0.15) is 43.0 Å². The molecule has 0 atom stereocenters. The van der Waals surface area contributed by atoms with Crippen LogP contribution in [0.4, 0.5) is 37.7 Å². The standard InChI is InChI=1S/C29H16F6N2O8/c30-28(31,32)27(29(33,34)35,17-7-9-23(38)21(13-17)25(40)15-3-1-5-19(11-15)36(42)43)18-8-10-24(39)22(14-18)26(41)16-4-2-6-20(12-16)37(44)45/h1-14,38-39H. The van der Waals surface area contributed by atoms with Gasteiger partial charge < -0.3 is 10.2 Å². The summed E-state index contributed by atoms with van der Waals surface area (Å²) in [5.41, 5.74) is -12.7. The minimum atomic E-state index is -6.24. The number of non-ortho nitro benzene ring substituents is 2. The van der Waals surface area contributed by atoms with Gasteiger partial charge in [0.15, 0.2) is 11.6 Å². The second-order valence-electron chi connectivity index (χ2n) is 9.48. The van der Waals surface area contributed by atoms with Crippen molar-refractivity contribution in [2.45, 2.75) is 17.8 Å². The van der Waals surface area contributed by atoms with Gasteiger partial charge in [-0.1, -0.05) is 36.4 Å². The molecule has 0 bridgehead atoms. The molecule has 0 radical (unpaired) electrons. The lowest BCUT2D eigenvalue weighted by atomic mass is 9.71. The first kappa shape index (κ1) is 32.1. The van der Waals surface area contributed by atoms with E-state index in [-0.39, 0.29) is 24.3 Å². The van der Waals surface area contributed by atoms with Crippen LogP contribution in [0, 0.1) is 20.2 Å². The van der Waals surface area contributed by atoms with Gasteiger partial charge in [0.2, 0.25) is 5.41 Å². The minimum absolute atomic E-state index is 0.131. The van der Waals surface area contributed by atoms with Crippen molar-refractivity contribution in [2.75, 3.05) is 0 Å². The number of hydrogen-bond acceptors (Lipinski definition) is 8. The van der Waals surface area contributed by atoms with Crippen LogP contribution in [-0.4, -0.2) is 44.0 Å². The van der Waals surface area contributed by atoms with E-state index in [0.717, 1.165) is 36.4 Å². The summed E-state index contributed by atoms with van der Waals surface area (Å²) in [5, 5.41) is 42.8. The molecule has 45 heavy (non-hydrogen) atoms. The smallest absolute Gasteiger partial charge is 0.411 e. The molecule has 0 aromatic heterocycles. The van der Waals surface area contributed by atoms with Crippen molar-refractivity contribution in [3.8, 4) is 11.5 Å². The van der Waals surface area contributed by atoms with E-state index in [1.165, 1.54) is 0 Å². The molecule has 0 saturated heterocycles. The van der Waals surface area contributed by atoms with E-state index in [0.29, 0.717) is 24.3 Å². The first-order chi connectivity index (χ1) is 20.9. The number of aromatic hydroxyl groups is 2. The highest BCUT2D eigenvalue weighted by molar-refractivity contribution is 6.12. The molecule has 0 spiro atoms. The highest BCUT2D eigenvalue weighted by Crippen LogP contribution is 2.57. The monoisotopic (exact) mass is 634 g/mol. The van der Waals surface area contributed by atoms with E-state index in [2.05, 4.69) is 0 Å². The molecule has 232 valence electrons. The van der Waals surface area contributed by atoms with Crippen LogP contribution in [0.15, 0.2) is 84.9 Å². The van der Waals surface area contributed by atoms with Gasteiger partial charge in [-0.15, -0.1) is 0 Å². The first-order valence-corrected chi connectivity index (χ1v) is 12.3. The van der Waals surface area contributed by atoms with Crippen molar-refractivity contribution in [1.82, 2.24) is 0 Å². The van der Waals surface area contributed by atoms with E-state index in [9.17, 15) is 66.4 Å². The van der Waals surface area contributed by atoms with Gasteiger partial charge in [-0.2, -0.15) is 26.3 Å². The maximum atomic E-state index is 14.9. The third kappa shape index (κ3) is 5.64. The summed E-state index contributed by atoms with van der Waals surface area (Å²) >= 11 is 0. The van der Waals surface area contributed by atoms with E-state index < -0.39 is 95.4 Å². The van der Waals surface area contributed by atoms with Gasteiger partial charge in [-0.25, -0.2) is 0 Å². The Kier molecular flexibility index (Phi) is 8.11. The number of rotatable bonds is 8. The summed E-state index contributed by atoms with van der Waals surface area (Å²) in [7, 11) is 0. The van der Waals surface area contributed by atoms with Crippen LogP contribution < -0.4 is 0 Å². The largest absolute Gasteiger partial charge is 0.507 e. The summed E-state index contributed by atoms with van der Waals surface area (Å²) < 4.78 is 89.2. The van der Waals surface area contributed by atoms with Crippen molar-refractivity contribution < 1.29 is 56.0 Å². The SMILES string of the molecule is O=C(c1cccc([N+](=O)[O-])c1)c1cc(C(c2ccc(O)c(C(=O)c3cccc([N+](=O)[O-])c3)c2)(C(F)(F)F)C(F)(F)F)ccc1O. The molecule has 2 N–H and O–H groups in total. The van der Waals surface area contributed by atoms with Gasteiger partial charge in [0.1, 0.15) is 11.5 Å². The maximum Gasteiger partial charge on any atom is 0.411 e. The number of carbonyl (C=O) groups excluding carboxylic acids is 2. The van der Waals surface area contributed by atoms with Crippen LogP contribution in [0.2, 0.25) is 0 Å². The van der Waals surface area contributed by atoms with E-state index >= 15 is 0 Å². The Morgan fingerprint density at radius 1 is 0.578 bits per heavy atom. The van der Waals surface area contributed by atoms with Gasteiger partial charge in [-0.05, 0) is 35.4 Å². The normalized spacial score (nSPS) is 12.0. The molecule has 0 saturated carbocycles. The number of alkyl halides is 6. The van der Waals surface area contributed by atoms with Crippen LogP contribution >= 0.6 is 0 Å². The summed E-state index contributed by atoms with van der Waals surface area (Å²) in [5.74, 6) is -4.77. The Morgan fingerprint density at radius 2 is 0.933 bits per heavy atom.